The lowest BCUT2D eigenvalue weighted by Crippen LogP contribution is -2.21. The second-order valence-electron chi connectivity index (χ2n) is 6.99. The van der Waals surface area contributed by atoms with E-state index in [1.807, 2.05) is 13.0 Å². The van der Waals surface area contributed by atoms with E-state index >= 15 is 0 Å². The maximum atomic E-state index is 12.5. The van der Waals surface area contributed by atoms with Gasteiger partial charge in [-0.3, -0.25) is 19.6 Å². The summed E-state index contributed by atoms with van der Waals surface area (Å²) in [5.41, 5.74) is 1.93. The van der Waals surface area contributed by atoms with Crippen LogP contribution in [-0.4, -0.2) is 25.9 Å². The van der Waals surface area contributed by atoms with E-state index in [0.717, 1.165) is 5.56 Å². The molecule has 0 saturated carbocycles. The van der Waals surface area contributed by atoms with E-state index in [2.05, 4.69) is 10.0 Å². The van der Waals surface area contributed by atoms with Crippen LogP contribution in [0.3, 0.4) is 0 Å². The zero-order valence-corrected chi connectivity index (χ0v) is 18.2. The number of nitrogens with one attached hydrogen (secondary N) is 2. The lowest BCUT2D eigenvalue weighted by molar-refractivity contribution is -0.385. The molecular weight excluding hydrogens is 434 g/mol. The minimum absolute atomic E-state index is 0.0445. The topological polar surface area (TPSA) is 128 Å². The van der Waals surface area contributed by atoms with Crippen molar-refractivity contribution in [3.8, 4) is 5.75 Å². The summed E-state index contributed by atoms with van der Waals surface area (Å²) in [6.45, 7) is 3.05. The van der Waals surface area contributed by atoms with Crippen LogP contribution in [0.4, 0.5) is 17.1 Å². The molecule has 0 radical (unpaired) electrons. The lowest BCUT2D eigenvalue weighted by Gasteiger charge is -2.11. The van der Waals surface area contributed by atoms with E-state index in [1.165, 1.54) is 36.4 Å². The summed E-state index contributed by atoms with van der Waals surface area (Å²) in [5.74, 6) is -0.211. The molecule has 9 nitrogen and oxygen atoms in total. The molecule has 0 bridgehead atoms. The van der Waals surface area contributed by atoms with Gasteiger partial charge in [-0.05, 0) is 61.9 Å². The smallest absolute Gasteiger partial charge is 0.274 e. The van der Waals surface area contributed by atoms with Gasteiger partial charge in [0.15, 0.2) is 6.61 Å². The van der Waals surface area contributed by atoms with Crippen molar-refractivity contribution in [3.05, 3.63) is 88.0 Å². The second-order valence-corrected chi connectivity index (χ2v) is 8.67. The van der Waals surface area contributed by atoms with Gasteiger partial charge in [-0.1, -0.05) is 18.2 Å². The molecule has 3 rings (SSSR count). The standard InChI is InChI=1S/C22H21N3O6S/c1-15-5-3-6-17(13-15)24-32(29,30)19-11-9-18(10-12-19)31-14-22(26)23-20-7-4-8-21(16(20)2)25(27)28/h3-13,24H,14H2,1-2H3,(H,23,26). The van der Waals surface area contributed by atoms with Gasteiger partial charge in [-0.15, -0.1) is 0 Å². The normalized spacial score (nSPS) is 10.9. The Kier molecular flexibility index (Phi) is 6.74. The van der Waals surface area contributed by atoms with Crippen molar-refractivity contribution in [3.63, 3.8) is 0 Å². The van der Waals surface area contributed by atoms with E-state index in [9.17, 15) is 23.3 Å². The molecular formula is C22H21N3O6S. The van der Waals surface area contributed by atoms with Crippen LogP contribution in [-0.2, 0) is 14.8 Å². The first-order valence-electron chi connectivity index (χ1n) is 9.52. The molecule has 3 aromatic carbocycles. The van der Waals surface area contributed by atoms with Crippen LogP contribution in [0, 0.1) is 24.0 Å². The van der Waals surface area contributed by atoms with Crippen LogP contribution >= 0.6 is 0 Å². The highest BCUT2D eigenvalue weighted by Gasteiger charge is 2.16. The number of nitro benzene ring substituents is 1. The van der Waals surface area contributed by atoms with Gasteiger partial charge in [0, 0.05) is 11.8 Å². The summed E-state index contributed by atoms with van der Waals surface area (Å²) in [5, 5.41) is 13.6. The third-order valence-electron chi connectivity index (χ3n) is 4.55. The molecule has 0 aromatic heterocycles. The summed E-state index contributed by atoms with van der Waals surface area (Å²) >= 11 is 0. The number of nitro groups is 1. The highest BCUT2D eigenvalue weighted by molar-refractivity contribution is 7.92. The fourth-order valence-electron chi connectivity index (χ4n) is 2.93. The highest BCUT2D eigenvalue weighted by Crippen LogP contribution is 2.25. The van der Waals surface area contributed by atoms with Crippen LogP contribution < -0.4 is 14.8 Å². The fraction of sp³-hybridized carbons (Fsp3) is 0.136. The van der Waals surface area contributed by atoms with Crippen molar-refractivity contribution in [1.82, 2.24) is 0 Å². The van der Waals surface area contributed by atoms with Gasteiger partial charge in [-0.2, -0.15) is 0 Å². The Hall–Kier alpha value is -3.92. The molecule has 0 spiro atoms. The van der Waals surface area contributed by atoms with Gasteiger partial charge in [0.2, 0.25) is 0 Å². The lowest BCUT2D eigenvalue weighted by atomic mass is 10.1. The summed E-state index contributed by atoms with van der Waals surface area (Å²) in [7, 11) is -3.77. The van der Waals surface area contributed by atoms with Gasteiger partial charge in [0.05, 0.1) is 21.1 Å². The number of amides is 1. The van der Waals surface area contributed by atoms with Crippen molar-refractivity contribution >= 4 is 33.0 Å². The summed E-state index contributed by atoms with van der Waals surface area (Å²) in [6.07, 6.45) is 0. The number of carbonyl (C=O) groups is 1. The largest absolute Gasteiger partial charge is 0.484 e. The molecule has 0 fully saturated rings. The summed E-state index contributed by atoms with van der Waals surface area (Å²) < 4.78 is 33.0. The van der Waals surface area contributed by atoms with Crippen LogP contribution in [0.1, 0.15) is 11.1 Å². The molecule has 0 aliphatic carbocycles. The zero-order valence-electron chi connectivity index (χ0n) is 17.4. The Bertz CT molecular complexity index is 1260. The van der Waals surface area contributed by atoms with E-state index in [4.69, 9.17) is 4.74 Å². The van der Waals surface area contributed by atoms with Crippen molar-refractivity contribution in [2.45, 2.75) is 18.7 Å². The predicted octanol–water partition coefficient (Wildman–Crippen LogP) is 4.03. The van der Waals surface area contributed by atoms with Crippen LogP contribution in [0.2, 0.25) is 0 Å². The average Bonchev–Trinajstić information content (AvgIpc) is 2.73. The van der Waals surface area contributed by atoms with E-state index < -0.39 is 20.9 Å². The van der Waals surface area contributed by atoms with Gasteiger partial charge < -0.3 is 10.1 Å². The molecule has 0 heterocycles. The van der Waals surface area contributed by atoms with Crippen LogP contribution in [0.25, 0.3) is 0 Å². The van der Waals surface area contributed by atoms with Gasteiger partial charge >= 0.3 is 0 Å². The monoisotopic (exact) mass is 455 g/mol. The van der Waals surface area contributed by atoms with Crippen molar-refractivity contribution in [1.29, 1.82) is 0 Å². The minimum atomic E-state index is -3.77. The van der Waals surface area contributed by atoms with Gasteiger partial charge in [0.1, 0.15) is 5.75 Å². The molecule has 0 atom stereocenters. The molecule has 2 N–H and O–H groups in total. The third kappa shape index (κ3) is 5.61. The number of nitrogens with zero attached hydrogens (tertiary/aromatic N) is 1. The molecule has 0 unspecified atom stereocenters. The molecule has 0 aliphatic rings. The molecule has 32 heavy (non-hydrogen) atoms. The number of hydrogen-bond acceptors (Lipinski definition) is 6. The molecule has 0 saturated heterocycles. The molecule has 10 heteroatoms. The Labute approximate surface area is 185 Å². The average molecular weight is 455 g/mol. The third-order valence-corrected chi connectivity index (χ3v) is 5.95. The second kappa shape index (κ2) is 9.48. The first-order chi connectivity index (χ1) is 15.2. The maximum absolute atomic E-state index is 12.5. The van der Waals surface area contributed by atoms with Gasteiger partial charge in [0.25, 0.3) is 21.6 Å². The number of aryl methyl sites for hydroxylation is 1. The van der Waals surface area contributed by atoms with Crippen LogP contribution in [0.5, 0.6) is 5.75 Å². The quantitative estimate of drug-likeness (QED) is 0.390. The number of ether oxygens (including phenoxy) is 1. The Morgan fingerprint density at radius 2 is 1.72 bits per heavy atom. The number of hydrogen-bond donors (Lipinski definition) is 2. The highest BCUT2D eigenvalue weighted by atomic mass is 32.2. The first kappa shape index (κ1) is 22.8. The van der Waals surface area contributed by atoms with Crippen molar-refractivity contribution < 1.29 is 22.9 Å². The van der Waals surface area contributed by atoms with Gasteiger partial charge in [-0.25, -0.2) is 8.42 Å². The number of rotatable bonds is 8. The van der Waals surface area contributed by atoms with E-state index in [0.29, 0.717) is 22.7 Å². The summed E-state index contributed by atoms with van der Waals surface area (Å²) in [4.78, 5) is 22.7. The Balaban J connectivity index is 1.61. The van der Waals surface area contributed by atoms with E-state index in [-0.39, 0.29) is 17.2 Å². The van der Waals surface area contributed by atoms with Crippen molar-refractivity contribution in [2.24, 2.45) is 0 Å². The van der Waals surface area contributed by atoms with Crippen molar-refractivity contribution in [2.75, 3.05) is 16.6 Å². The fourth-order valence-corrected chi connectivity index (χ4v) is 3.98. The minimum Gasteiger partial charge on any atom is -0.484 e. The maximum Gasteiger partial charge on any atom is 0.274 e. The van der Waals surface area contributed by atoms with E-state index in [1.54, 1.807) is 31.2 Å². The number of carbonyl (C=O) groups excluding carboxylic acids is 1. The predicted molar refractivity (Wildman–Crippen MR) is 120 cm³/mol. The number of sulfonamides is 1. The molecule has 0 aliphatic heterocycles. The number of benzene rings is 3. The SMILES string of the molecule is Cc1cccc(NS(=O)(=O)c2ccc(OCC(=O)Nc3cccc([N+](=O)[O-])c3C)cc2)c1. The first-order valence-corrected chi connectivity index (χ1v) is 11.0. The van der Waals surface area contributed by atoms with Crippen LogP contribution in [0.15, 0.2) is 71.6 Å². The number of anilines is 2. The molecule has 166 valence electrons. The zero-order chi connectivity index (χ0) is 23.3. The summed E-state index contributed by atoms with van der Waals surface area (Å²) in [6, 6.07) is 17.0. The molecule has 1 amide bonds. The Morgan fingerprint density at radius 1 is 1.03 bits per heavy atom. The Morgan fingerprint density at radius 3 is 2.38 bits per heavy atom. The molecule has 3 aromatic rings.